The van der Waals surface area contributed by atoms with Crippen LogP contribution in [-0.4, -0.2) is 48.0 Å². The number of benzene rings is 3. The van der Waals surface area contributed by atoms with Crippen molar-refractivity contribution in [1.29, 1.82) is 0 Å². The summed E-state index contributed by atoms with van der Waals surface area (Å²) in [5.41, 5.74) is 4.40. The first-order valence-corrected chi connectivity index (χ1v) is 14.4. The molecule has 0 radical (unpaired) electrons. The Morgan fingerprint density at radius 2 is 1.88 bits per heavy atom. The summed E-state index contributed by atoms with van der Waals surface area (Å²) >= 11 is 1.53. The average Bonchev–Trinajstić information content (AvgIpc) is 3.42. The molecule has 1 amide bonds. The molecule has 2 N–H and O–H groups in total. The summed E-state index contributed by atoms with van der Waals surface area (Å²) in [5.74, 6) is 0.214. The summed E-state index contributed by atoms with van der Waals surface area (Å²) in [7, 11) is 3.90. The minimum absolute atomic E-state index is 0.182. The minimum atomic E-state index is -0.286. The molecule has 5 rings (SSSR count). The van der Waals surface area contributed by atoms with Crippen LogP contribution in [0.15, 0.2) is 103 Å². The van der Waals surface area contributed by atoms with Crippen LogP contribution in [0, 0.1) is 5.82 Å². The molecule has 0 aliphatic heterocycles. The number of likely N-dealkylation sites (N-methyl/N-ethyl adjacent to an activating group) is 1. The molecule has 2 aromatic heterocycles. The molecule has 0 aliphatic carbocycles. The maximum atomic E-state index is 13.7. The zero-order valence-electron chi connectivity index (χ0n) is 23.5. The van der Waals surface area contributed by atoms with Gasteiger partial charge >= 0.3 is 0 Å². The highest BCUT2D eigenvalue weighted by Gasteiger charge is 2.18. The van der Waals surface area contributed by atoms with Gasteiger partial charge in [-0.05, 0) is 55.1 Å². The van der Waals surface area contributed by atoms with E-state index in [0.717, 1.165) is 32.5 Å². The van der Waals surface area contributed by atoms with Crippen LogP contribution >= 0.6 is 11.3 Å². The number of anilines is 2. The van der Waals surface area contributed by atoms with Gasteiger partial charge in [-0.1, -0.05) is 60.7 Å². The number of carbonyl (C=O) groups is 1. The summed E-state index contributed by atoms with van der Waals surface area (Å²) in [5, 5.41) is 9.48. The number of thiophene rings is 1. The number of amides is 1. The standard InChI is InChI=1S/C33H32FN5O2S/c1-39(2)16-8-15-30(40)37-27-14-7-12-25(18-27)28-21-42-33-31(28)32(35-22-36-33)38-29(24-10-4-3-5-11-24)20-41-19-23-9-6-13-26(34)17-23/h3-15,17-18,21-22,29H,16,19-20H2,1-2H3,(H,37,40)(H,35,36,38)/t29-/m1/s1. The molecule has 2 heterocycles. The third-order valence-corrected chi connectivity index (χ3v) is 7.39. The summed E-state index contributed by atoms with van der Waals surface area (Å²) < 4.78 is 19.7. The quantitative estimate of drug-likeness (QED) is 0.156. The lowest BCUT2D eigenvalue weighted by atomic mass is 10.0. The lowest BCUT2D eigenvalue weighted by molar-refractivity contribution is -0.111. The molecular formula is C33H32FN5O2S. The van der Waals surface area contributed by atoms with Crippen LogP contribution in [0.5, 0.6) is 0 Å². The Hall–Kier alpha value is -4.44. The van der Waals surface area contributed by atoms with Gasteiger partial charge in [-0.25, -0.2) is 14.4 Å². The van der Waals surface area contributed by atoms with Gasteiger partial charge in [0, 0.05) is 29.3 Å². The van der Waals surface area contributed by atoms with Gasteiger partial charge in [0.15, 0.2) is 0 Å². The van der Waals surface area contributed by atoms with E-state index in [0.29, 0.717) is 24.7 Å². The van der Waals surface area contributed by atoms with Crippen LogP contribution < -0.4 is 10.6 Å². The predicted molar refractivity (Wildman–Crippen MR) is 168 cm³/mol. The van der Waals surface area contributed by atoms with Crippen molar-refractivity contribution in [2.24, 2.45) is 0 Å². The number of rotatable bonds is 12. The van der Waals surface area contributed by atoms with E-state index in [1.807, 2.05) is 85.7 Å². The highest BCUT2D eigenvalue weighted by molar-refractivity contribution is 7.17. The molecule has 0 bridgehead atoms. The number of nitrogens with zero attached hydrogens (tertiary/aromatic N) is 3. The van der Waals surface area contributed by atoms with Gasteiger partial charge < -0.3 is 20.3 Å². The van der Waals surface area contributed by atoms with E-state index in [9.17, 15) is 9.18 Å². The van der Waals surface area contributed by atoms with E-state index in [1.54, 1.807) is 18.5 Å². The molecule has 0 fully saturated rings. The summed E-state index contributed by atoms with van der Waals surface area (Å²) in [6.45, 7) is 1.31. The van der Waals surface area contributed by atoms with Gasteiger partial charge in [-0.2, -0.15) is 0 Å². The molecule has 3 aromatic carbocycles. The van der Waals surface area contributed by atoms with Crippen molar-refractivity contribution in [2.75, 3.05) is 37.9 Å². The lowest BCUT2D eigenvalue weighted by Crippen LogP contribution is -2.18. The third-order valence-electron chi connectivity index (χ3n) is 6.51. The number of fused-ring (bicyclic) bond motifs is 1. The Balaban J connectivity index is 1.39. The molecule has 42 heavy (non-hydrogen) atoms. The topological polar surface area (TPSA) is 79.4 Å². The zero-order chi connectivity index (χ0) is 29.3. The monoisotopic (exact) mass is 581 g/mol. The van der Waals surface area contributed by atoms with Crippen molar-refractivity contribution >= 4 is 39.0 Å². The zero-order valence-corrected chi connectivity index (χ0v) is 24.3. The SMILES string of the molecule is CN(C)CC=CC(=O)Nc1cccc(-c2csc3ncnc(N[C@H](COCc4cccc(F)c4)c4ccccc4)c23)c1. The average molecular weight is 582 g/mol. The fourth-order valence-electron chi connectivity index (χ4n) is 4.51. The number of hydrogen-bond donors (Lipinski definition) is 2. The fraction of sp³-hybridized carbons (Fsp3) is 0.182. The maximum absolute atomic E-state index is 13.7. The van der Waals surface area contributed by atoms with E-state index in [1.165, 1.54) is 23.5 Å². The summed E-state index contributed by atoms with van der Waals surface area (Å²) in [6.07, 6.45) is 4.92. The Morgan fingerprint density at radius 1 is 1.05 bits per heavy atom. The molecule has 5 aromatic rings. The molecule has 0 spiro atoms. The normalized spacial score (nSPS) is 12.2. The summed E-state index contributed by atoms with van der Waals surface area (Å²) in [4.78, 5) is 24.4. The predicted octanol–water partition coefficient (Wildman–Crippen LogP) is 6.92. The molecule has 214 valence electrons. The first kappa shape index (κ1) is 29.1. The van der Waals surface area contributed by atoms with Gasteiger partial charge in [-0.3, -0.25) is 4.79 Å². The van der Waals surface area contributed by atoms with Crippen LogP contribution in [0.2, 0.25) is 0 Å². The summed E-state index contributed by atoms with van der Waals surface area (Å²) in [6, 6.07) is 24.0. The van der Waals surface area contributed by atoms with Gasteiger partial charge in [0.1, 0.15) is 22.8 Å². The van der Waals surface area contributed by atoms with Crippen LogP contribution in [0.1, 0.15) is 17.2 Å². The smallest absolute Gasteiger partial charge is 0.248 e. The molecule has 0 unspecified atom stereocenters. The number of carbonyl (C=O) groups excluding carboxylic acids is 1. The van der Waals surface area contributed by atoms with Crippen molar-refractivity contribution in [3.63, 3.8) is 0 Å². The number of hydrogen-bond acceptors (Lipinski definition) is 7. The Labute approximate surface area is 248 Å². The molecular weight excluding hydrogens is 549 g/mol. The fourth-order valence-corrected chi connectivity index (χ4v) is 5.42. The minimum Gasteiger partial charge on any atom is -0.374 e. The molecule has 9 heteroatoms. The van der Waals surface area contributed by atoms with E-state index in [-0.39, 0.29) is 24.4 Å². The van der Waals surface area contributed by atoms with Crippen molar-refractivity contribution in [2.45, 2.75) is 12.6 Å². The molecule has 0 saturated heterocycles. The second kappa shape index (κ2) is 14.0. The first-order valence-electron chi connectivity index (χ1n) is 13.5. The van der Waals surface area contributed by atoms with Crippen LogP contribution in [0.3, 0.4) is 0 Å². The second-order valence-corrected chi connectivity index (χ2v) is 10.9. The number of ether oxygens (including phenoxy) is 1. The van der Waals surface area contributed by atoms with Crippen LogP contribution in [0.25, 0.3) is 21.3 Å². The van der Waals surface area contributed by atoms with Gasteiger partial charge in [-0.15, -0.1) is 11.3 Å². The Morgan fingerprint density at radius 3 is 2.69 bits per heavy atom. The largest absolute Gasteiger partial charge is 0.374 e. The van der Waals surface area contributed by atoms with Crippen molar-refractivity contribution in [1.82, 2.24) is 14.9 Å². The highest BCUT2D eigenvalue weighted by Crippen LogP contribution is 2.38. The second-order valence-electron chi connectivity index (χ2n) is 10.0. The molecule has 7 nitrogen and oxygen atoms in total. The maximum Gasteiger partial charge on any atom is 0.248 e. The lowest BCUT2D eigenvalue weighted by Gasteiger charge is -2.21. The molecule has 0 aliphatic rings. The van der Waals surface area contributed by atoms with Gasteiger partial charge in [0.05, 0.1) is 24.6 Å². The van der Waals surface area contributed by atoms with Crippen LogP contribution in [-0.2, 0) is 16.1 Å². The van der Waals surface area contributed by atoms with Crippen molar-refractivity contribution in [3.05, 3.63) is 120 Å². The molecule has 0 saturated carbocycles. The van der Waals surface area contributed by atoms with E-state index >= 15 is 0 Å². The van der Waals surface area contributed by atoms with E-state index < -0.39 is 0 Å². The third kappa shape index (κ3) is 7.64. The van der Waals surface area contributed by atoms with Gasteiger partial charge in [0.25, 0.3) is 0 Å². The molecule has 1 atom stereocenters. The van der Waals surface area contributed by atoms with Crippen LogP contribution in [0.4, 0.5) is 15.9 Å². The Kier molecular flexibility index (Phi) is 9.66. The number of halogens is 1. The van der Waals surface area contributed by atoms with E-state index in [4.69, 9.17) is 4.74 Å². The first-order chi connectivity index (χ1) is 20.5. The number of aromatic nitrogens is 2. The van der Waals surface area contributed by atoms with Crippen molar-refractivity contribution < 1.29 is 13.9 Å². The highest BCUT2D eigenvalue weighted by atomic mass is 32.1. The van der Waals surface area contributed by atoms with E-state index in [2.05, 4.69) is 26.0 Å². The van der Waals surface area contributed by atoms with Crippen molar-refractivity contribution in [3.8, 4) is 11.1 Å². The Bertz CT molecular complexity index is 1670. The number of nitrogens with one attached hydrogen (secondary N) is 2. The van der Waals surface area contributed by atoms with Gasteiger partial charge in [0.2, 0.25) is 5.91 Å².